The van der Waals surface area contributed by atoms with Crippen molar-refractivity contribution in [3.05, 3.63) is 68.2 Å². The van der Waals surface area contributed by atoms with Gasteiger partial charge in [-0.3, -0.25) is 24.0 Å². The standard InChI is InChI=1S/C24H30Cl2N4O6S/c1-6-21(23(32)27-24(2,3)4)28(14-16-10-11-17(25)12-20(16)26)22(31)15-29(37(5,35)36)18-8-7-9-19(13-18)30(33)34/h7-13,21H,6,14-15H2,1-5H3,(H,27,32)/t21-/m0/s1. The summed E-state index contributed by atoms with van der Waals surface area (Å²) in [6, 6.07) is 8.72. The highest BCUT2D eigenvalue weighted by Gasteiger charge is 2.33. The maximum atomic E-state index is 13.7. The number of nitrogens with one attached hydrogen (secondary N) is 1. The Morgan fingerprint density at radius 2 is 1.78 bits per heavy atom. The number of carbonyl (C=O) groups excluding carboxylic acids is 2. The Kier molecular flexibility index (Phi) is 9.92. The fourth-order valence-corrected chi connectivity index (χ4v) is 4.89. The van der Waals surface area contributed by atoms with Crippen LogP contribution in [-0.4, -0.2) is 54.4 Å². The predicted octanol–water partition coefficient (Wildman–Crippen LogP) is 4.39. The lowest BCUT2D eigenvalue weighted by Crippen LogP contribution is -2.55. The molecule has 0 aliphatic heterocycles. The molecule has 2 rings (SSSR count). The van der Waals surface area contributed by atoms with E-state index >= 15 is 0 Å². The lowest BCUT2D eigenvalue weighted by Gasteiger charge is -2.34. The quantitative estimate of drug-likeness (QED) is 0.332. The SMILES string of the molecule is CC[C@@H](C(=O)NC(C)(C)C)N(Cc1ccc(Cl)cc1Cl)C(=O)CN(c1cccc([N+](=O)[O-])c1)S(C)(=O)=O. The van der Waals surface area contributed by atoms with Crippen molar-refractivity contribution in [2.45, 2.75) is 52.2 Å². The van der Waals surface area contributed by atoms with Crippen LogP contribution < -0.4 is 9.62 Å². The van der Waals surface area contributed by atoms with Gasteiger partial charge in [0.25, 0.3) is 5.69 Å². The molecule has 0 saturated carbocycles. The summed E-state index contributed by atoms with van der Waals surface area (Å²) in [4.78, 5) is 38.7. The van der Waals surface area contributed by atoms with Gasteiger partial charge in [0.1, 0.15) is 12.6 Å². The van der Waals surface area contributed by atoms with Crippen molar-refractivity contribution in [1.82, 2.24) is 10.2 Å². The maximum absolute atomic E-state index is 13.7. The first kappa shape index (κ1) is 30.3. The molecule has 2 amide bonds. The minimum Gasteiger partial charge on any atom is -0.350 e. The topological polar surface area (TPSA) is 130 Å². The number of amides is 2. The third kappa shape index (κ3) is 8.58. The Morgan fingerprint density at radius 3 is 2.30 bits per heavy atom. The van der Waals surface area contributed by atoms with Crippen LogP contribution in [-0.2, 0) is 26.2 Å². The van der Waals surface area contributed by atoms with Crippen LogP contribution in [0.4, 0.5) is 11.4 Å². The van der Waals surface area contributed by atoms with Crippen LogP contribution in [0.1, 0.15) is 39.7 Å². The number of hydrogen-bond donors (Lipinski definition) is 1. The molecule has 2 aromatic rings. The van der Waals surface area contributed by atoms with Crippen LogP contribution >= 0.6 is 23.2 Å². The molecule has 2 aromatic carbocycles. The number of halogens is 2. The molecule has 1 atom stereocenters. The van der Waals surface area contributed by atoms with Gasteiger partial charge >= 0.3 is 0 Å². The zero-order valence-electron chi connectivity index (χ0n) is 21.2. The number of nitro groups is 1. The maximum Gasteiger partial charge on any atom is 0.271 e. The van der Waals surface area contributed by atoms with Crippen LogP contribution in [0.25, 0.3) is 0 Å². The number of nitro benzene ring substituents is 1. The van der Waals surface area contributed by atoms with Gasteiger partial charge in [-0.05, 0) is 51.0 Å². The Bertz CT molecular complexity index is 1280. The minimum atomic E-state index is -4.04. The predicted molar refractivity (Wildman–Crippen MR) is 144 cm³/mol. The van der Waals surface area contributed by atoms with Gasteiger partial charge in [0.2, 0.25) is 21.8 Å². The fraction of sp³-hybridized carbons (Fsp3) is 0.417. The Labute approximate surface area is 226 Å². The molecule has 1 N–H and O–H groups in total. The first-order valence-electron chi connectivity index (χ1n) is 11.3. The summed E-state index contributed by atoms with van der Waals surface area (Å²) in [5.74, 6) is -1.12. The highest BCUT2D eigenvalue weighted by molar-refractivity contribution is 7.92. The molecule has 0 spiro atoms. The van der Waals surface area contributed by atoms with Gasteiger partial charge in [0.15, 0.2) is 0 Å². The Balaban J connectivity index is 2.53. The molecule has 0 unspecified atom stereocenters. The molecule has 0 fully saturated rings. The molecule has 202 valence electrons. The van der Waals surface area contributed by atoms with E-state index in [9.17, 15) is 28.1 Å². The van der Waals surface area contributed by atoms with Crippen molar-refractivity contribution < 1.29 is 22.9 Å². The van der Waals surface area contributed by atoms with E-state index in [4.69, 9.17) is 23.2 Å². The van der Waals surface area contributed by atoms with Crippen LogP contribution in [0.3, 0.4) is 0 Å². The lowest BCUT2D eigenvalue weighted by molar-refractivity contribution is -0.384. The van der Waals surface area contributed by atoms with Gasteiger partial charge < -0.3 is 10.2 Å². The number of non-ortho nitro benzene ring substituents is 1. The molecule has 0 aliphatic rings. The van der Waals surface area contributed by atoms with E-state index in [-0.39, 0.29) is 29.4 Å². The second-order valence-electron chi connectivity index (χ2n) is 9.47. The Hall–Kier alpha value is -2.89. The molecule has 0 saturated heterocycles. The molecule has 10 nitrogen and oxygen atoms in total. The summed E-state index contributed by atoms with van der Waals surface area (Å²) in [5.41, 5.74) is -0.470. The van der Waals surface area contributed by atoms with Crippen LogP contribution in [0.15, 0.2) is 42.5 Å². The largest absolute Gasteiger partial charge is 0.350 e. The average Bonchev–Trinajstić information content (AvgIpc) is 2.76. The van der Waals surface area contributed by atoms with Gasteiger partial charge in [-0.1, -0.05) is 42.3 Å². The summed E-state index contributed by atoms with van der Waals surface area (Å²) >= 11 is 12.3. The van der Waals surface area contributed by atoms with Crippen molar-refractivity contribution >= 4 is 56.4 Å². The molecule has 37 heavy (non-hydrogen) atoms. The number of carbonyl (C=O) groups is 2. The van der Waals surface area contributed by atoms with Crippen LogP contribution in [0.2, 0.25) is 10.0 Å². The zero-order chi connectivity index (χ0) is 28.1. The summed E-state index contributed by atoms with van der Waals surface area (Å²) in [6.07, 6.45) is 1.12. The zero-order valence-corrected chi connectivity index (χ0v) is 23.5. The minimum absolute atomic E-state index is 0.0540. The first-order valence-corrected chi connectivity index (χ1v) is 13.9. The molecular weight excluding hydrogens is 543 g/mol. The van der Waals surface area contributed by atoms with Crippen LogP contribution in [0.5, 0.6) is 0 Å². The summed E-state index contributed by atoms with van der Waals surface area (Å²) in [5, 5.41) is 14.7. The third-order valence-electron chi connectivity index (χ3n) is 5.25. The van der Waals surface area contributed by atoms with E-state index in [1.165, 1.54) is 29.2 Å². The molecule has 0 heterocycles. The van der Waals surface area contributed by atoms with Crippen molar-refractivity contribution in [1.29, 1.82) is 0 Å². The van der Waals surface area contributed by atoms with E-state index < -0.39 is 44.9 Å². The number of anilines is 1. The van der Waals surface area contributed by atoms with Crippen molar-refractivity contribution in [3.63, 3.8) is 0 Å². The number of nitrogens with zero attached hydrogens (tertiary/aromatic N) is 3. The second kappa shape index (κ2) is 12.1. The van der Waals surface area contributed by atoms with Crippen LogP contribution in [0, 0.1) is 10.1 Å². The molecule has 0 aliphatic carbocycles. The summed E-state index contributed by atoms with van der Waals surface area (Å²) in [7, 11) is -4.04. The van der Waals surface area contributed by atoms with E-state index in [2.05, 4.69) is 5.32 Å². The Morgan fingerprint density at radius 1 is 1.14 bits per heavy atom. The number of hydrogen-bond acceptors (Lipinski definition) is 6. The van der Waals surface area contributed by atoms with Gasteiger partial charge in [0.05, 0.1) is 16.9 Å². The smallest absolute Gasteiger partial charge is 0.271 e. The van der Waals surface area contributed by atoms with E-state index in [1.54, 1.807) is 39.8 Å². The van der Waals surface area contributed by atoms with Crippen molar-refractivity contribution in [2.75, 3.05) is 17.1 Å². The summed E-state index contributed by atoms with van der Waals surface area (Å²) in [6.45, 7) is 6.34. The normalized spacial score (nSPS) is 12.5. The van der Waals surface area contributed by atoms with Gasteiger partial charge in [0, 0.05) is 34.3 Å². The molecule has 13 heteroatoms. The van der Waals surface area contributed by atoms with Crippen molar-refractivity contribution in [3.8, 4) is 0 Å². The third-order valence-corrected chi connectivity index (χ3v) is 6.98. The molecular formula is C24H30Cl2N4O6S. The van der Waals surface area contributed by atoms with Gasteiger partial charge in [-0.25, -0.2) is 8.42 Å². The number of benzene rings is 2. The molecule has 0 bridgehead atoms. The average molecular weight is 573 g/mol. The van der Waals surface area contributed by atoms with Crippen molar-refractivity contribution in [2.24, 2.45) is 0 Å². The second-order valence-corrected chi connectivity index (χ2v) is 12.2. The highest BCUT2D eigenvalue weighted by Crippen LogP contribution is 2.26. The monoisotopic (exact) mass is 572 g/mol. The molecule has 0 radical (unpaired) electrons. The van der Waals surface area contributed by atoms with E-state index in [0.717, 1.165) is 16.6 Å². The van der Waals surface area contributed by atoms with Gasteiger partial charge in [-0.15, -0.1) is 0 Å². The first-order chi connectivity index (χ1) is 17.0. The van der Waals surface area contributed by atoms with Gasteiger partial charge in [-0.2, -0.15) is 0 Å². The van der Waals surface area contributed by atoms with E-state index in [1.807, 2.05) is 0 Å². The highest BCUT2D eigenvalue weighted by atomic mass is 35.5. The fourth-order valence-electron chi connectivity index (χ4n) is 3.58. The number of sulfonamides is 1. The molecule has 0 aromatic heterocycles. The number of rotatable bonds is 10. The van der Waals surface area contributed by atoms with E-state index in [0.29, 0.717) is 10.6 Å². The lowest BCUT2D eigenvalue weighted by atomic mass is 10.1. The summed E-state index contributed by atoms with van der Waals surface area (Å²) < 4.78 is 26.1.